The van der Waals surface area contributed by atoms with Crippen molar-refractivity contribution in [2.45, 2.75) is 0 Å². The van der Waals surface area contributed by atoms with Crippen LogP contribution in [0.15, 0.2) is 24.3 Å². The summed E-state index contributed by atoms with van der Waals surface area (Å²) in [4.78, 5) is 17.5. The number of H-pyrrole nitrogens is 1. The number of rotatable bonds is 1. The minimum absolute atomic E-state index is 0.192. The second-order valence-corrected chi connectivity index (χ2v) is 2.72. The lowest BCUT2D eigenvalue weighted by atomic mass is 10.3. The van der Waals surface area contributed by atoms with Crippen LogP contribution < -0.4 is 0 Å². The summed E-state index contributed by atoms with van der Waals surface area (Å²) < 4.78 is 0. The first-order valence-electron chi connectivity index (χ1n) is 3.42. The quantitative estimate of drug-likeness (QED) is 0.682. The van der Waals surface area contributed by atoms with Crippen LogP contribution in [0.2, 0.25) is 0 Å². The van der Waals surface area contributed by atoms with E-state index in [2.05, 4.69) is 9.97 Å². The second kappa shape index (κ2) is 2.60. The number of carbonyl (C=O) groups is 1. The number of nitrogens with zero attached hydrogens (tertiary/aromatic N) is 1. The van der Waals surface area contributed by atoms with Crippen LogP contribution in [0.3, 0.4) is 0 Å². The van der Waals surface area contributed by atoms with E-state index in [0.29, 0.717) is 0 Å². The monoisotopic (exact) mass is 180 g/mol. The first-order chi connectivity index (χ1) is 5.77. The molecule has 4 heteroatoms. The topological polar surface area (TPSA) is 45.8 Å². The van der Waals surface area contributed by atoms with Crippen molar-refractivity contribution in [1.82, 2.24) is 9.97 Å². The Kier molecular flexibility index (Phi) is 1.59. The molecule has 12 heavy (non-hydrogen) atoms. The first-order valence-corrected chi connectivity index (χ1v) is 3.80. The Morgan fingerprint density at radius 1 is 1.42 bits per heavy atom. The summed E-state index contributed by atoms with van der Waals surface area (Å²) in [5, 5.41) is -0.564. The molecule has 0 fully saturated rings. The number of hydrogen-bond acceptors (Lipinski definition) is 2. The van der Waals surface area contributed by atoms with Crippen LogP contribution in [0, 0.1) is 0 Å². The van der Waals surface area contributed by atoms with Crippen molar-refractivity contribution in [2.75, 3.05) is 0 Å². The smallest absolute Gasteiger partial charge is 0.287 e. The zero-order valence-electron chi connectivity index (χ0n) is 6.04. The minimum atomic E-state index is -0.564. The molecule has 0 aliphatic rings. The molecule has 1 aromatic carbocycles. The van der Waals surface area contributed by atoms with Gasteiger partial charge < -0.3 is 4.98 Å². The maximum absolute atomic E-state index is 10.7. The number of carbonyl (C=O) groups excluding carboxylic acids is 1. The van der Waals surface area contributed by atoms with Crippen LogP contribution in [0.4, 0.5) is 0 Å². The predicted molar refractivity (Wildman–Crippen MR) is 46.3 cm³/mol. The Labute approximate surface area is 73.4 Å². The number of para-hydroxylation sites is 2. The van der Waals surface area contributed by atoms with E-state index in [9.17, 15) is 4.79 Å². The summed E-state index contributed by atoms with van der Waals surface area (Å²) in [5.74, 6) is 0.192. The van der Waals surface area contributed by atoms with Gasteiger partial charge >= 0.3 is 0 Å². The second-order valence-electron chi connectivity index (χ2n) is 2.38. The standard InChI is InChI=1S/C8H5ClN2O/c9-7(12)8-10-5-3-1-2-4-6(5)11-8/h1-4H,(H,10,11). The third-order valence-electron chi connectivity index (χ3n) is 1.58. The fourth-order valence-electron chi connectivity index (χ4n) is 1.05. The van der Waals surface area contributed by atoms with Crippen LogP contribution in [-0.4, -0.2) is 15.2 Å². The van der Waals surface area contributed by atoms with Crippen LogP contribution in [-0.2, 0) is 0 Å². The highest BCUT2D eigenvalue weighted by Crippen LogP contribution is 2.10. The Bertz CT molecular complexity index is 402. The number of hydrogen-bond donors (Lipinski definition) is 1. The average Bonchev–Trinajstić information content (AvgIpc) is 2.46. The highest BCUT2D eigenvalue weighted by Gasteiger charge is 2.06. The van der Waals surface area contributed by atoms with Gasteiger partial charge in [0.2, 0.25) is 0 Å². The molecule has 2 rings (SSSR count). The molecule has 0 radical (unpaired) electrons. The SMILES string of the molecule is O=C(Cl)c1nc2ccccc2[nH]1. The number of aromatic amines is 1. The number of aromatic nitrogens is 2. The van der Waals surface area contributed by atoms with Crippen LogP contribution in [0.25, 0.3) is 11.0 Å². The largest absolute Gasteiger partial charge is 0.334 e. The molecule has 0 aliphatic heterocycles. The van der Waals surface area contributed by atoms with Crippen molar-refractivity contribution in [3.05, 3.63) is 30.1 Å². The molecule has 1 N–H and O–H groups in total. The van der Waals surface area contributed by atoms with E-state index in [-0.39, 0.29) is 5.82 Å². The number of nitrogens with one attached hydrogen (secondary N) is 1. The minimum Gasteiger partial charge on any atom is -0.334 e. The first kappa shape index (κ1) is 7.31. The van der Waals surface area contributed by atoms with E-state index in [4.69, 9.17) is 11.6 Å². The fraction of sp³-hybridized carbons (Fsp3) is 0. The van der Waals surface area contributed by atoms with Gasteiger partial charge in [-0.25, -0.2) is 4.98 Å². The summed E-state index contributed by atoms with van der Waals surface area (Å²) in [6.07, 6.45) is 0. The molecule has 0 atom stereocenters. The molecule has 2 aromatic rings. The Hall–Kier alpha value is -1.35. The molecule has 0 spiro atoms. The van der Waals surface area contributed by atoms with Crippen molar-refractivity contribution in [3.63, 3.8) is 0 Å². The number of imidazole rings is 1. The van der Waals surface area contributed by atoms with Gasteiger partial charge in [0.15, 0.2) is 5.82 Å². The van der Waals surface area contributed by atoms with Crippen molar-refractivity contribution >= 4 is 27.9 Å². The Morgan fingerprint density at radius 3 is 2.83 bits per heavy atom. The Balaban J connectivity index is 2.70. The number of benzene rings is 1. The van der Waals surface area contributed by atoms with E-state index in [1.54, 1.807) is 0 Å². The highest BCUT2D eigenvalue weighted by atomic mass is 35.5. The summed E-state index contributed by atoms with van der Waals surface area (Å²) in [6.45, 7) is 0. The summed E-state index contributed by atoms with van der Waals surface area (Å²) >= 11 is 5.24. The third-order valence-corrected chi connectivity index (χ3v) is 1.75. The maximum atomic E-state index is 10.7. The van der Waals surface area contributed by atoms with Gasteiger partial charge in [0, 0.05) is 0 Å². The van der Waals surface area contributed by atoms with Gasteiger partial charge in [0.25, 0.3) is 5.24 Å². The molecule has 0 bridgehead atoms. The van der Waals surface area contributed by atoms with Gasteiger partial charge in [-0.05, 0) is 23.7 Å². The molecule has 0 amide bonds. The van der Waals surface area contributed by atoms with E-state index < -0.39 is 5.24 Å². The van der Waals surface area contributed by atoms with Gasteiger partial charge in [-0.3, -0.25) is 4.79 Å². The molecular formula is C8H5ClN2O. The van der Waals surface area contributed by atoms with Gasteiger partial charge in [0.1, 0.15) is 0 Å². The lowest BCUT2D eigenvalue weighted by Crippen LogP contribution is -1.89. The van der Waals surface area contributed by atoms with Gasteiger partial charge in [-0.1, -0.05) is 12.1 Å². The molecule has 1 heterocycles. The lowest BCUT2D eigenvalue weighted by molar-refractivity contribution is 0.107. The van der Waals surface area contributed by atoms with E-state index in [1.165, 1.54) is 0 Å². The molecule has 1 aromatic heterocycles. The molecular weight excluding hydrogens is 176 g/mol. The summed E-state index contributed by atoms with van der Waals surface area (Å²) in [6, 6.07) is 7.37. The van der Waals surface area contributed by atoms with E-state index in [0.717, 1.165) is 11.0 Å². The highest BCUT2D eigenvalue weighted by molar-refractivity contribution is 6.67. The fourth-order valence-corrected chi connectivity index (χ4v) is 1.14. The van der Waals surface area contributed by atoms with Gasteiger partial charge in [-0.2, -0.15) is 0 Å². The lowest BCUT2D eigenvalue weighted by Gasteiger charge is -1.81. The Morgan fingerprint density at radius 2 is 2.17 bits per heavy atom. The molecule has 60 valence electrons. The van der Waals surface area contributed by atoms with Gasteiger partial charge in [0.05, 0.1) is 11.0 Å². The zero-order chi connectivity index (χ0) is 8.55. The van der Waals surface area contributed by atoms with Crippen molar-refractivity contribution < 1.29 is 4.79 Å². The summed E-state index contributed by atoms with van der Waals surface area (Å²) in [7, 11) is 0. The molecule has 3 nitrogen and oxygen atoms in total. The van der Waals surface area contributed by atoms with E-state index >= 15 is 0 Å². The molecule has 0 saturated carbocycles. The number of halogens is 1. The maximum Gasteiger partial charge on any atom is 0.287 e. The van der Waals surface area contributed by atoms with Crippen LogP contribution in [0.1, 0.15) is 10.6 Å². The third kappa shape index (κ3) is 1.08. The van der Waals surface area contributed by atoms with Crippen molar-refractivity contribution in [1.29, 1.82) is 0 Å². The van der Waals surface area contributed by atoms with Crippen molar-refractivity contribution in [3.8, 4) is 0 Å². The molecule has 0 aliphatic carbocycles. The van der Waals surface area contributed by atoms with E-state index in [1.807, 2.05) is 24.3 Å². The summed E-state index contributed by atoms with van der Waals surface area (Å²) in [5.41, 5.74) is 1.57. The van der Waals surface area contributed by atoms with Crippen LogP contribution in [0.5, 0.6) is 0 Å². The zero-order valence-corrected chi connectivity index (χ0v) is 6.80. The number of fused-ring (bicyclic) bond motifs is 1. The van der Waals surface area contributed by atoms with Crippen molar-refractivity contribution in [2.24, 2.45) is 0 Å². The molecule has 0 saturated heterocycles. The van der Waals surface area contributed by atoms with Gasteiger partial charge in [-0.15, -0.1) is 0 Å². The van der Waals surface area contributed by atoms with Crippen LogP contribution >= 0.6 is 11.6 Å². The normalized spacial score (nSPS) is 10.4. The average molecular weight is 181 g/mol. The molecule has 0 unspecified atom stereocenters. The predicted octanol–water partition coefficient (Wildman–Crippen LogP) is 1.94.